The van der Waals surface area contributed by atoms with Crippen LogP contribution in [0.15, 0.2) is 24.3 Å². The number of methoxy groups -OCH3 is 1. The summed E-state index contributed by atoms with van der Waals surface area (Å²) in [5.41, 5.74) is 1.34. The summed E-state index contributed by atoms with van der Waals surface area (Å²) in [6.45, 7) is 5.92. The second-order valence-corrected chi connectivity index (χ2v) is 9.33. The van der Waals surface area contributed by atoms with Crippen molar-refractivity contribution in [2.24, 2.45) is 0 Å². The fraction of sp³-hybridized carbons (Fsp3) is 0.444. The molecule has 3 rings (SSSR count). The Bertz CT molecular complexity index is 1120. The number of rotatable bonds is 10. The van der Waals surface area contributed by atoms with E-state index in [-0.39, 0.29) is 23.3 Å². The van der Waals surface area contributed by atoms with Gasteiger partial charge in [0, 0.05) is 6.08 Å². The molecule has 0 radical (unpaired) electrons. The maximum absolute atomic E-state index is 12.9. The Balaban J connectivity index is 1.79. The number of nitrogens with one attached hydrogen (secondary N) is 1. The molecule has 0 spiro atoms. The number of hydrogen-bond donors (Lipinski definition) is 1. The van der Waals surface area contributed by atoms with Crippen LogP contribution in [-0.2, 0) is 14.3 Å². The number of hydrogen-bond acceptors (Lipinski definition) is 8. The molecule has 194 valence electrons. The predicted molar refractivity (Wildman–Crippen MR) is 139 cm³/mol. The molecule has 1 aromatic carbocycles. The van der Waals surface area contributed by atoms with Crippen LogP contribution in [0.3, 0.4) is 0 Å². The van der Waals surface area contributed by atoms with Gasteiger partial charge in [0.15, 0.2) is 11.5 Å². The highest BCUT2D eigenvalue weighted by molar-refractivity contribution is 7.18. The Kier molecular flexibility index (Phi) is 9.93. The molecule has 8 nitrogen and oxygen atoms in total. The van der Waals surface area contributed by atoms with Gasteiger partial charge in [-0.05, 0) is 75.8 Å². The van der Waals surface area contributed by atoms with Crippen LogP contribution in [0.25, 0.3) is 6.08 Å². The summed E-state index contributed by atoms with van der Waals surface area (Å²) in [7, 11) is 1.55. The zero-order valence-corrected chi connectivity index (χ0v) is 22.0. The Labute approximate surface area is 215 Å². The lowest BCUT2D eigenvalue weighted by atomic mass is 9.98. The molecule has 1 aliphatic rings. The first kappa shape index (κ1) is 27.3. The van der Waals surface area contributed by atoms with Crippen molar-refractivity contribution in [2.75, 3.05) is 25.6 Å². The molecular weight excluding hydrogens is 482 g/mol. The Hall–Kier alpha value is -3.33. The van der Waals surface area contributed by atoms with Gasteiger partial charge in [0.25, 0.3) is 0 Å². The van der Waals surface area contributed by atoms with E-state index in [1.165, 1.54) is 6.08 Å². The number of carbonyl (C=O) groups is 3. The summed E-state index contributed by atoms with van der Waals surface area (Å²) >= 11 is 1.02. The zero-order valence-electron chi connectivity index (χ0n) is 21.2. The second-order valence-electron chi connectivity index (χ2n) is 8.31. The van der Waals surface area contributed by atoms with E-state index < -0.39 is 17.8 Å². The summed E-state index contributed by atoms with van der Waals surface area (Å²) < 4.78 is 21.7. The van der Waals surface area contributed by atoms with Crippen molar-refractivity contribution in [3.05, 3.63) is 45.8 Å². The van der Waals surface area contributed by atoms with Crippen LogP contribution in [0.2, 0.25) is 0 Å². The minimum absolute atomic E-state index is 0.120. The number of anilines is 1. The number of amides is 1. The van der Waals surface area contributed by atoms with E-state index in [2.05, 4.69) is 5.32 Å². The van der Waals surface area contributed by atoms with Crippen LogP contribution < -0.4 is 14.8 Å². The van der Waals surface area contributed by atoms with Gasteiger partial charge >= 0.3 is 11.9 Å². The maximum atomic E-state index is 12.9. The quantitative estimate of drug-likeness (QED) is 0.316. The Morgan fingerprint density at radius 2 is 1.81 bits per heavy atom. The van der Waals surface area contributed by atoms with Crippen LogP contribution in [-0.4, -0.2) is 44.3 Å². The minimum Gasteiger partial charge on any atom is -0.493 e. The fourth-order valence-corrected chi connectivity index (χ4v) is 5.10. The van der Waals surface area contributed by atoms with Gasteiger partial charge in [0.2, 0.25) is 5.91 Å². The first-order chi connectivity index (χ1) is 17.4. The van der Waals surface area contributed by atoms with Crippen LogP contribution in [0.1, 0.15) is 77.1 Å². The summed E-state index contributed by atoms with van der Waals surface area (Å²) in [4.78, 5) is 38.6. The van der Waals surface area contributed by atoms with Gasteiger partial charge in [-0.1, -0.05) is 12.5 Å². The number of benzene rings is 1. The first-order valence-electron chi connectivity index (χ1n) is 12.2. The van der Waals surface area contributed by atoms with Crippen molar-refractivity contribution < 1.29 is 33.3 Å². The molecule has 0 atom stereocenters. The molecule has 1 amide bonds. The van der Waals surface area contributed by atoms with Crippen LogP contribution >= 0.6 is 11.3 Å². The van der Waals surface area contributed by atoms with Crippen molar-refractivity contribution in [3.63, 3.8) is 0 Å². The summed E-state index contributed by atoms with van der Waals surface area (Å²) in [5, 5.41) is 2.98. The second kappa shape index (κ2) is 13.1. The molecule has 0 unspecified atom stereocenters. The highest BCUT2D eigenvalue weighted by atomic mass is 32.1. The minimum atomic E-state index is -0.599. The topological polar surface area (TPSA) is 100 Å². The number of esters is 2. The van der Waals surface area contributed by atoms with Crippen molar-refractivity contribution in [3.8, 4) is 11.5 Å². The zero-order chi connectivity index (χ0) is 26.1. The number of thiophene rings is 1. The van der Waals surface area contributed by atoms with Crippen molar-refractivity contribution in [2.45, 2.75) is 59.0 Å². The number of ether oxygens (including phenoxy) is 4. The molecular formula is C27H33NO7S. The Morgan fingerprint density at radius 3 is 2.47 bits per heavy atom. The molecule has 2 aromatic rings. The lowest BCUT2D eigenvalue weighted by Gasteiger charge is -2.21. The maximum Gasteiger partial charge on any atom is 0.348 e. The van der Waals surface area contributed by atoms with Crippen molar-refractivity contribution in [1.29, 1.82) is 0 Å². The normalized spacial score (nSPS) is 13.9. The van der Waals surface area contributed by atoms with Gasteiger partial charge in [0.05, 0.1) is 25.9 Å². The lowest BCUT2D eigenvalue weighted by Crippen LogP contribution is -2.21. The van der Waals surface area contributed by atoms with Crippen LogP contribution in [0.4, 0.5) is 5.00 Å². The van der Waals surface area contributed by atoms with Gasteiger partial charge in [-0.3, -0.25) is 4.79 Å². The van der Waals surface area contributed by atoms with E-state index in [9.17, 15) is 14.4 Å². The predicted octanol–water partition coefficient (Wildman–Crippen LogP) is 5.78. The number of carbonyl (C=O) groups excluding carboxylic acids is 3. The third-order valence-electron chi connectivity index (χ3n) is 5.79. The molecule has 1 aliphatic carbocycles. The van der Waals surface area contributed by atoms with Crippen LogP contribution in [0, 0.1) is 6.92 Å². The first-order valence-corrected chi connectivity index (χ1v) is 13.0. The van der Waals surface area contributed by atoms with E-state index in [4.69, 9.17) is 18.9 Å². The van der Waals surface area contributed by atoms with Gasteiger partial charge in [-0.25, -0.2) is 9.59 Å². The van der Waals surface area contributed by atoms with Gasteiger partial charge in [0.1, 0.15) is 16.0 Å². The van der Waals surface area contributed by atoms with E-state index >= 15 is 0 Å². The molecule has 1 fully saturated rings. The van der Waals surface area contributed by atoms with E-state index in [1.54, 1.807) is 45.2 Å². The molecule has 1 N–H and O–H groups in total. The molecule has 1 saturated carbocycles. The molecule has 36 heavy (non-hydrogen) atoms. The summed E-state index contributed by atoms with van der Waals surface area (Å²) in [6, 6.07) is 5.33. The smallest absolute Gasteiger partial charge is 0.348 e. The average molecular weight is 516 g/mol. The van der Waals surface area contributed by atoms with E-state index in [0.29, 0.717) is 28.5 Å². The van der Waals surface area contributed by atoms with E-state index in [1.807, 2.05) is 6.92 Å². The molecule has 1 heterocycles. The third kappa shape index (κ3) is 6.87. The molecule has 0 bridgehead atoms. The average Bonchev–Trinajstić information content (AvgIpc) is 3.19. The summed E-state index contributed by atoms with van der Waals surface area (Å²) in [6.07, 6.45) is 7.73. The van der Waals surface area contributed by atoms with Gasteiger partial charge in [-0.15, -0.1) is 11.3 Å². The molecule has 0 saturated heterocycles. The fourth-order valence-electron chi connectivity index (χ4n) is 4.02. The largest absolute Gasteiger partial charge is 0.493 e. The monoisotopic (exact) mass is 515 g/mol. The highest BCUT2D eigenvalue weighted by Crippen LogP contribution is 2.35. The van der Waals surface area contributed by atoms with Crippen molar-refractivity contribution in [1.82, 2.24) is 0 Å². The molecule has 9 heteroatoms. The van der Waals surface area contributed by atoms with E-state index in [0.717, 1.165) is 49.0 Å². The molecule has 0 aliphatic heterocycles. The standard InChI is InChI=1S/C27H33NO7S/c1-5-33-20-14-12-18(16-21(20)32-4)13-15-22(29)28-25-23(26(30)34-6-2)17(3)24(36-25)27(31)35-19-10-8-7-9-11-19/h12-16,19H,5-11H2,1-4H3,(H,28,29)/b15-13+. The lowest BCUT2D eigenvalue weighted by molar-refractivity contribution is -0.111. The van der Waals surface area contributed by atoms with Gasteiger partial charge < -0.3 is 24.3 Å². The molecule has 1 aromatic heterocycles. The SMILES string of the molecule is CCOC(=O)c1c(NC(=O)/C=C/c2ccc(OCC)c(OC)c2)sc(C(=O)OC2CCCCC2)c1C. The van der Waals surface area contributed by atoms with Crippen LogP contribution in [0.5, 0.6) is 11.5 Å². The third-order valence-corrected chi connectivity index (χ3v) is 6.98. The highest BCUT2D eigenvalue weighted by Gasteiger charge is 2.28. The summed E-state index contributed by atoms with van der Waals surface area (Å²) in [5.74, 6) is -0.366. The van der Waals surface area contributed by atoms with Crippen molar-refractivity contribution >= 4 is 40.3 Å². The Morgan fingerprint density at radius 1 is 1.06 bits per heavy atom. The van der Waals surface area contributed by atoms with Gasteiger partial charge in [-0.2, -0.15) is 0 Å².